The van der Waals surface area contributed by atoms with Crippen molar-refractivity contribution in [2.45, 2.75) is 63.8 Å². The van der Waals surface area contributed by atoms with Crippen molar-refractivity contribution in [2.24, 2.45) is 28.6 Å². The number of rotatable bonds is 5. The van der Waals surface area contributed by atoms with Crippen molar-refractivity contribution in [1.82, 2.24) is 0 Å². The number of aliphatic hydroxyl groups is 2. The van der Waals surface area contributed by atoms with Gasteiger partial charge in [0.2, 0.25) is 0 Å². The number of thioether (sulfide) groups is 1. The summed E-state index contributed by atoms with van der Waals surface area (Å²) in [5, 5.41) is 23.3. The number of carbonyl (C=O) groups excluding carboxylic acids is 3. The van der Waals surface area contributed by atoms with Gasteiger partial charge in [-0.1, -0.05) is 25.5 Å². The van der Waals surface area contributed by atoms with E-state index in [4.69, 9.17) is 4.74 Å². The summed E-state index contributed by atoms with van der Waals surface area (Å²) in [5.41, 5.74) is -5.85. The van der Waals surface area contributed by atoms with Crippen molar-refractivity contribution >= 4 is 29.3 Å². The second-order valence-electron chi connectivity index (χ2n) is 10.4. The van der Waals surface area contributed by atoms with Gasteiger partial charge in [-0.25, -0.2) is 4.39 Å². The molecule has 0 aliphatic heterocycles. The number of ether oxygens (including phenoxy) is 1. The van der Waals surface area contributed by atoms with E-state index in [9.17, 15) is 24.6 Å². The quantitative estimate of drug-likeness (QED) is 0.584. The van der Waals surface area contributed by atoms with Crippen molar-refractivity contribution < 1.29 is 33.7 Å². The van der Waals surface area contributed by atoms with E-state index in [0.29, 0.717) is 24.2 Å². The molecule has 33 heavy (non-hydrogen) atoms. The zero-order valence-electron chi connectivity index (χ0n) is 19.6. The first-order valence-electron chi connectivity index (χ1n) is 11.6. The molecule has 8 heteroatoms. The van der Waals surface area contributed by atoms with Crippen molar-refractivity contribution in [3.05, 3.63) is 23.8 Å². The average molecular weight is 481 g/mol. The monoisotopic (exact) mass is 480 g/mol. The van der Waals surface area contributed by atoms with Gasteiger partial charge in [-0.3, -0.25) is 14.4 Å². The predicted molar refractivity (Wildman–Crippen MR) is 122 cm³/mol. The van der Waals surface area contributed by atoms with Crippen molar-refractivity contribution in [3.8, 4) is 0 Å². The van der Waals surface area contributed by atoms with Crippen LogP contribution in [0, 0.1) is 28.6 Å². The summed E-state index contributed by atoms with van der Waals surface area (Å²) >= 11 is 1.35. The highest BCUT2D eigenvalue weighted by atomic mass is 32.2. The lowest BCUT2D eigenvalue weighted by molar-refractivity contribution is -0.219. The van der Waals surface area contributed by atoms with Crippen LogP contribution in [0.3, 0.4) is 0 Å². The van der Waals surface area contributed by atoms with Crippen LogP contribution in [0.4, 0.5) is 4.39 Å². The van der Waals surface area contributed by atoms with Crippen LogP contribution < -0.4 is 0 Å². The van der Waals surface area contributed by atoms with E-state index in [1.54, 1.807) is 19.9 Å². The number of fused-ring (bicyclic) bond motifs is 5. The van der Waals surface area contributed by atoms with E-state index in [1.807, 2.05) is 6.92 Å². The molecule has 8 atom stereocenters. The summed E-state index contributed by atoms with van der Waals surface area (Å²) in [5.74, 6) is -2.99. The molecule has 0 saturated heterocycles. The lowest BCUT2D eigenvalue weighted by atomic mass is 9.44. The van der Waals surface area contributed by atoms with Gasteiger partial charge in [0, 0.05) is 16.7 Å². The number of hydrogen-bond acceptors (Lipinski definition) is 7. The number of hydrogen-bond donors (Lipinski definition) is 2. The Balaban J connectivity index is 1.83. The molecule has 3 saturated carbocycles. The summed E-state index contributed by atoms with van der Waals surface area (Å²) in [6.07, 6.45) is 3.68. The van der Waals surface area contributed by atoms with Crippen LogP contribution in [0.5, 0.6) is 0 Å². The van der Waals surface area contributed by atoms with Crippen LogP contribution in [-0.2, 0) is 19.1 Å². The minimum absolute atomic E-state index is 0.0276. The zero-order valence-corrected chi connectivity index (χ0v) is 20.4. The maximum absolute atomic E-state index is 17.2. The van der Waals surface area contributed by atoms with Gasteiger partial charge in [-0.15, -0.1) is 0 Å². The smallest absolute Gasteiger partial charge is 0.312 e. The number of carbonyl (C=O) groups is 3. The highest BCUT2D eigenvalue weighted by Crippen LogP contribution is 2.70. The second-order valence-corrected chi connectivity index (χ2v) is 11.7. The predicted octanol–water partition coefficient (Wildman–Crippen LogP) is 2.81. The molecular weight excluding hydrogens is 447 g/mol. The highest BCUT2D eigenvalue weighted by Gasteiger charge is 2.77. The molecule has 0 bridgehead atoms. The van der Waals surface area contributed by atoms with Gasteiger partial charge in [-0.2, -0.15) is 11.8 Å². The highest BCUT2D eigenvalue weighted by molar-refractivity contribution is 7.99. The molecule has 0 spiro atoms. The summed E-state index contributed by atoms with van der Waals surface area (Å²) in [6.45, 7) is 5.32. The molecule has 3 fully saturated rings. The fourth-order valence-corrected chi connectivity index (χ4v) is 8.09. The van der Waals surface area contributed by atoms with Gasteiger partial charge in [0.05, 0.1) is 24.9 Å². The maximum Gasteiger partial charge on any atom is 0.312 e. The lowest BCUT2D eigenvalue weighted by Crippen LogP contribution is -2.69. The van der Waals surface area contributed by atoms with Gasteiger partial charge in [-0.05, 0) is 56.4 Å². The summed E-state index contributed by atoms with van der Waals surface area (Å²) < 4.78 is 22.2. The van der Waals surface area contributed by atoms with Crippen molar-refractivity contribution in [3.63, 3.8) is 0 Å². The first-order chi connectivity index (χ1) is 15.4. The van der Waals surface area contributed by atoms with Gasteiger partial charge < -0.3 is 14.9 Å². The molecule has 4 aliphatic rings. The molecule has 4 rings (SSSR count). The largest absolute Gasteiger partial charge is 0.469 e. The van der Waals surface area contributed by atoms with Crippen LogP contribution in [0.2, 0.25) is 0 Å². The zero-order chi connectivity index (χ0) is 24.4. The number of methoxy groups -OCH3 is 1. The Labute approximate surface area is 198 Å². The van der Waals surface area contributed by atoms with E-state index in [1.165, 1.54) is 31.0 Å². The minimum Gasteiger partial charge on any atom is -0.469 e. The van der Waals surface area contributed by atoms with Crippen molar-refractivity contribution in [2.75, 3.05) is 18.6 Å². The number of alkyl halides is 1. The SMILES string of the molecule is CCSCC(=O)[C@@]1(O)C(C(=O)OC)C[C@H]2[C@@H]3CCC4=CC(=O)C=C[C@]4(C)[C@@]3(F)C(O)C[C@@]21C. The molecule has 4 aliphatic carbocycles. The lowest BCUT2D eigenvalue weighted by Gasteiger charge is -2.62. The van der Waals surface area contributed by atoms with E-state index in [2.05, 4.69) is 0 Å². The number of esters is 1. The Morgan fingerprint density at radius 3 is 2.64 bits per heavy atom. The normalized spacial score (nSPS) is 46.2. The Kier molecular flexibility index (Phi) is 5.98. The van der Waals surface area contributed by atoms with Crippen LogP contribution in [0.15, 0.2) is 23.8 Å². The molecule has 0 aromatic carbocycles. The molecule has 0 radical (unpaired) electrons. The van der Waals surface area contributed by atoms with Crippen LogP contribution in [0.1, 0.15) is 46.5 Å². The summed E-state index contributed by atoms with van der Waals surface area (Å²) in [6, 6.07) is 0. The maximum atomic E-state index is 17.2. The molecular formula is C25H33FO6S. The molecule has 182 valence electrons. The fraction of sp³-hybridized carbons (Fsp3) is 0.720. The third-order valence-corrected chi connectivity index (χ3v) is 10.1. The third kappa shape index (κ3) is 3.02. The van der Waals surface area contributed by atoms with E-state index < -0.39 is 57.7 Å². The van der Waals surface area contributed by atoms with Crippen LogP contribution >= 0.6 is 11.8 Å². The fourth-order valence-electron chi connectivity index (χ4n) is 7.48. The van der Waals surface area contributed by atoms with E-state index in [0.717, 1.165) is 0 Å². The second kappa shape index (κ2) is 8.02. The van der Waals surface area contributed by atoms with Gasteiger partial charge in [0.25, 0.3) is 0 Å². The first kappa shape index (κ1) is 24.6. The van der Waals surface area contributed by atoms with Gasteiger partial charge in [0.15, 0.2) is 17.2 Å². The topological polar surface area (TPSA) is 101 Å². The minimum atomic E-state index is -2.09. The van der Waals surface area contributed by atoms with Gasteiger partial charge >= 0.3 is 5.97 Å². The van der Waals surface area contributed by atoms with Crippen molar-refractivity contribution in [1.29, 1.82) is 0 Å². The number of Topliss-reactive ketones (excluding diaryl/α,β-unsaturated/α-hetero) is 1. The first-order valence-corrected chi connectivity index (χ1v) is 12.8. The Bertz CT molecular complexity index is 947. The number of halogens is 1. The van der Waals surface area contributed by atoms with Gasteiger partial charge in [0.1, 0.15) is 5.60 Å². The standard InChI is InChI=1S/C25H33FO6S/c1-5-33-13-20(29)25(31)18(21(30)32-4)11-17-16-7-6-14-10-15(27)8-9-22(14,2)24(16,26)19(28)12-23(17,25)3/h8-10,16-19,28,31H,5-7,11-13H2,1-4H3/t16-,17-,18?,19?,22-,23-,24-,25-/m0/s1. The summed E-state index contributed by atoms with van der Waals surface area (Å²) in [4.78, 5) is 38.1. The third-order valence-electron chi connectivity index (χ3n) is 9.24. The Hall–Kier alpha value is -1.51. The number of allylic oxidation sites excluding steroid dienone is 4. The molecule has 2 unspecified atom stereocenters. The molecule has 6 nitrogen and oxygen atoms in total. The molecule has 0 aromatic rings. The van der Waals surface area contributed by atoms with Crippen LogP contribution in [-0.4, -0.2) is 63.7 Å². The average Bonchev–Trinajstić information content (AvgIpc) is 3.01. The summed E-state index contributed by atoms with van der Waals surface area (Å²) in [7, 11) is 1.22. The Morgan fingerprint density at radius 2 is 2.00 bits per heavy atom. The Morgan fingerprint density at radius 1 is 1.30 bits per heavy atom. The molecule has 0 heterocycles. The molecule has 2 N–H and O–H groups in total. The number of ketones is 2. The number of aliphatic hydroxyl groups excluding tert-OH is 1. The molecule has 0 amide bonds. The van der Waals surface area contributed by atoms with E-state index >= 15 is 4.39 Å². The molecule has 0 aromatic heterocycles. The van der Waals surface area contributed by atoms with E-state index in [-0.39, 0.29) is 24.4 Å². The van der Waals surface area contributed by atoms with Crippen LogP contribution in [0.25, 0.3) is 0 Å².